The second-order valence-corrected chi connectivity index (χ2v) is 4.76. The molecule has 0 bridgehead atoms. The number of nitrogens with zero attached hydrogens (tertiary/aromatic N) is 2. The maximum Gasteiger partial charge on any atom is 0.250 e. The van der Waals surface area contributed by atoms with Crippen molar-refractivity contribution in [3.63, 3.8) is 0 Å². The lowest BCUT2D eigenvalue weighted by Gasteiger charge is -2.26. The van der Waals surface area contributed by atoms with E-state index >= 15 is 0 Å². The van der Waals surface area contributed by atoms with Crippen molar-refractivity contribution in [2.75, 3.05) is 4.90 Å². The zero-order chi connectivity index (χ0) is 15.4. The van der Waals surface area contributed by atoms with Gasteiger partial charge in [0.25, 0.3) is 5.91 Å². The minimum absolute atomic E-state index is 0.458. The molecule has 2 aromatic carbocycles. The van der Waals surface area contributed by atoms with Crippen molar-refractivity contribution in [1.82, 2.24) is 4.98 Å². The highest BCUT2D eigenvalue weighted by atomic mass is 16.1. The number of carbonyl (C=O) groups is 1. The van der Waals surface area contributed by atoms with Crippen LogP contribution in [0.5, 0.6) is 0 Å². The van der Waals surface area contributed by atoms with E-state index in [2.05, 4.69) is 4.98 Å². The third kappa shape index (κ3) is 2.67. The summed E-state index contributed by atoms with van der Waals surface area (Å²) in [7, 11) is 0. The molecule has 1 aromatic heterocycles. The van der Waals surface area contributed by atoms with Crippen LogP contribution in [-0.4, -0.2) is 10.9 Å². The molecule has 1 amide bonds. The first-order valence-corrected chi connectivity index (χ1v) is 6.91. The number of pyridine rings is 1. The number of benzene rings is 2. The monoisotopic (exact) mass is 289 g/mol. The van der Waals surface area contributed by atoms with Gasteiger partial charge in [0.05, 0.1) is 23.1 Å². The first-order chi connectivity index (χ1) is 10.8. The number of anilines is 3. The number of nitrogens with two attached hydrogens (primary N) is 1. The second kappa shape index (κ2) is 6.10. The summed E-state index contributed by atoms with van der Waals surface area (Å²) in [4.78, 5) is 17.9. The molecule has 22 heavy (non-hydrogen) atoms. The lowest BCUT2D eigenvalue weighted by atomic mass is 10.1. The Hall–Kier alpha value is -3.14. The number of carbonyl (C=O) groups excluding carboxylic acids is 1. The third-order valence-corrected chi connectivity index (χ3v) is 3.33. The second-order valence-electron chi connectivity index (χ2n) is 4.76. The molecule has 0 aliphatic carbocycles. The maximum atomic E-state index is 11.8. The average molecular weight is 289 g/mol. The van der Waals surface area contributed by atoms with Crippen molar-refractivity contribution in [2.24, 2.45) is 5.73 Å². The lowest BCUT2D eigenvalue weighted by molar-refractivity contribution is 0.100. The molecule has 3 aromatic rings. The Balaban J connectivity index is 2.21. The predicted octanol–water partition coefficient (Wildman–Crippen LogP) is 3.65. The molecule has 0 radical (unpaired) electrons. The fraction of sp³-hybridized carbons (Fsp3) is 0. The minimum Gasteiger partial charge on any atom is -0.366 e. The zero-order valence-corrected chi connectivity index (χ0v) is 11.9. The van der Waals surface area contributed by atoms with Gasteiger partial charge in [0.2, 0.25) is 0 Å². The molecular formula is C18H15N3O. The molecule has 4 nitrogen and oxygen atoms in total. The van der Waals surface area contributed by atoms with Gasteiger partial charge in [0, 0.05) is 11.9 Å². The van der Waals surface area contributed by atoms with Gasteiger partial charge in [-0.1, -0.05) is 30.3 Å². The highest BCUT2D eigenvalue weighted by Crippen LogP contribution is 2.35. The first-order valence-electron chi connectivity index (χ1n) is 6.91. The van der Waals surface area contributed by atoms with Crippen molar-refractivity contribution in [3.05, 3.63) is 84.7 Å². The maximum absolute atomic E-state index is 11.8. The van der Waals surface area contributed by atoms with E-state index in [1.54, 1.807) is 24.5 Å². The first kappa shape index (κ1) is 13.8. The summed E-state index contributed by atoms with van der Waals surface area (Å²) in [5, 5.41) is 0. The molecule has 0 aliphatic heterocycles. The number of para-hydroxylation sites is 2. The summed E-state index contributed by atoms with van der Waals surface area (Å²) in [6.45, 7) is 0. The van der Waals surface area contributed by atoms with Crippen molar-refractivity contribution in [3.8, 4) is 0 Å². The molecule has 0 unspecified atom stereocenters. The molecule has 4 heteroatoms. The molecule has 0 saturated heterocycles. The number of aromatic nitrogens is 1. The molecule has 108 valence electrons. The molecule has 0 aliphatic rings. The quantitative estimate of drug-likeness (QED) is 0.797. The van der Waals surface area contributed by atoms with Crippen LogP contribution in [0.4, 0.5) is 17.1 Å². The molecule has 0 fully saturated rings. The molecule has 2 N–H and O–H groups in total. The van der Waals surface area contributed by atoms with E-state index in [4.69, 9.17) is 5.73 Å². The number of amides is 1. The number of primary amides is 1. The van der Waals surface area contributed by atoms with Crippen LogP contribution >= 0.6 is 0 Å². The largest absolute Gasteiger partial charge is 0.366 e. The summed E-state index contributed by atoms with van der Waals surface area (Å²) < 4.78 is 0. The van der Waals surface area contributed by atoms with Crippen LogP contribution in [0, 0.1) is 0 Å². The Morgan fingerprint density at radius 1 is 0.864 bits per heavy atom. The van der Waals surface area contributed by atoms with E-state index in [0.717, 1.165) is 17.1 Å². The fourth-order valence-corrected chi connectivity index (χ4v) is 2.37. The third-order valence-electron chi connectivity index (χ3n) is 3.33. The summed E-state index contributed by atoms with van der Waals surface area (Å²) in [6, 6.07) is 20.9. The van der Waals surface area contributed by atoms with Gasteiger partial charge in [-0.05, 0) is 36.4 Å². The van der Waals surface area contributed by atoms with Gasteiger partial charge in [-0.3, -0.25) is 9.78 Å². The lowest BCUT2D eigenvalue weighted by Crippen LogP contribution is -2.18. The van der Waals surface area contributed by atoms with Crippen molar-refractivity contribution >= 4 is 23.0 Å². The van der Waals surface area contributed by atoms with Crippen LogP contribution in [0.2, 0.25) is 0 Å². The van der Waals surface area contributed by atoms with Gasteiger partial charge in [-0.25, -0.2) is 0 Å². The molecule has 0 spiro atoms. The molecule has 0 saturated carbocycles. The molecule has 0 atom stereocenters. The Kier molecular flexibility index (Phi) is 3.83. The Bertz CT molecular complexity index is 733. The standard InChI is InChI=1S/C18H15N3O/c19-18(22)16-10-4-5-11-17(16)21(14-7-2-1-3-8-14)15-9-6-12-20-13-15/h1-13H,(H2,19,22). The van der Waals surface area contributed by atoms with Gasteiger partial charge < -0.3 is 10.6 Å². The van der Waals surface area contributed by atoms with E-state index in [1.165, 1.54) is 0 Å². The van der Waals surface area contributed by atoms with E-state index < -0.39 is 5.91 Å². The molecule has 3 rings (SSSR count). The van der Waals surface area contributed by atoms with Gasteiger partial charge in [0.1, 0.15) is 0 Å². The summed E-state index contributed by atoms with van der Waals surface area (Å²) >= 11 is 0. The number of hydrogen-bond donors (Lipinski definition) is 1. The highest BCUT2D eigenvalue weighted by Gasteiger charge is 2.17. The summed E-state index contributed by atoms with van der Waals surface area (Å²) in [5.41, 5.74) is 8.52. The zero-order valence-electron chi connectivity index (χ0n) is 11.9. The fourth-order valence-electron chi connectivity index (χ4n) is 2.37. The van der Waals surface area contributed by atoms with Crippen LogP contribution in [0.15, 0.2) is 79.1 Å². The SMILES string of the molecule is NC(=O)c1ccccc1N(c1ccccc1)c1cccnc1. The molecule has 1 heterocycles. The summed E-state index contributed by atoms with van der Waals surface area (Å²) in [6.07, 6.45) is 3.47. The Morgan fingerprint density at radius 3 is 2.23 bits per heavy atom. The molecular weight excluding hydrogens is 274 g/mol. The van der Waals surface area contributed by atoms with Crippen molar-refractivity contribution in [1.29, 1.82) is 0 Å². The van der Waals surface area contributed by atoms with Crippen molar-refractivity contribution in [2.45, 2.75) is 0 Å². The number of rotatable bonds is 4. The van der Waals surface area contributed by atoms with Gasteiger partial charge >= 0.3 is 0 Å². The van der Waals surface area contributed by atoms with Crippen LogP contribution < -0.4 is 10.6 Å². The van der Waals surface area contributed by atoms with Crippen LogP contribution in [-0.2, 0) is 0 Å². The predicted molar refractivity (Wildman–Crippen MR) is 87.4 cm³/mol. The van der Waals surface area contributed by atoms with E-state index in [-0.39, 0.29) is 0 Å². The highest BCUT2D eigenvalue weighted by molar-refractivity contribution is 6.00. The van der Waals surface area contributed by atoms with Gasteiger partial charge in [0.15, 0.2) is 0 Å². The van der Waals surface area contributed by atoms with E-state index in [0.29, 0.717) is 5.56 Å². The van der Waals surface area contributed by atoms with Crippen molar-refractivity contribution < 1.29 is 4.79 Å². The minimum atomic E-state index is -0.458. The van der Waals surface area contributed by atoms with E-state index in [9.17, 15) is 4.79 Å². The Labute approximate surface area is 128 Å². The summed E-state index contributed by atoms with van der Waals surface area (Å²) in [5.74, 6) is -0.458. The van der Waals surface area contributed by atoms with Gasteiger partial charge in [-0.15, -0.1) is 0 Å². The normalized spacial score (nSPS) is 10.2. The number of hydrogen-bond acceptors (Lipinski definition) is 3. The topological polar surface area (TPSA) is 59.2 Å². The van der Waals surface area contributed by atoms with E-state index in [1.807, 2.05) is 59.5 Å². The van der Waals surface area contributed by atoms with Crippen LogP contribution in [0.1, 0.15) is 10.4 Å². The Morgan fingerprint density at radius 2 is 1.55 bits per heavy atom. The van der Waals surface area contributed by atoms with Crippen LogP contribution in [0.3, 0.4) is 0 Å². The smallest absolute Gasteiger partial charge is 0.250 e. The van der Waals surface area contributed by atoms with Gasteiger partial charge in [-0.2, -0.15) is 0 Å². The van der Waals surface area contributed by atoms with Crippen LogP contribution in [0.25, 0.3) is 0 Å². The average Bonchev–Trinajstić information content (AvgIpc) is 2.57.